The molecule has 2 amide bonds. The molecule has 2 rings (SSSR count). The summed E-state index contributed by atoms with van der Waals surface area (Å²) in [5, 5.41) is 3.04. The van der Waals surface area contributed by atoms with Gasteiger partial charge < -0.3 is 10.2 Å². The molecule has 0 aromatic heterocycles. The molecule has 1 aromatic carbocycles. The molecule has 4 nitrogen and oxygen atoms in total. The van der Waals surface area contributed by atoms with Crippen molar-refractivity contribution in [3.05, 3.63) is 34.6 Å². The van der Waals surface area contributed by atoms with Gasteiger partial charge in [0.25, 0.3) is 5.91 Å². The average Bonchev–Trinajstić information content (AvgIpc) is 2.47. The summed E-state index contributed by atoms with van der Waals surface area (Å²) in [6.45, 7) is 2.77. The highest BCUT2D eigenvalue weighted by atomic mass is 35.5. The van der Waals surface area contributed by atoms with E-state index in [1.807, 2.05) is 0 Å². The van der Waals surface area contributed by atoms with Crippen LogP contribution >= 0.6 is 11.6 Å². The minimum Gasteiger partial charge on any atom is -0.353 e. The highest BCUT2D eigenvalue weighted by molar-refractivity contribution is 6.33. The van der Waals surface area contributed by atoms with Gasteiger partial charge in [0.1, 0.15) is 5.82 Å². The molecular weight excluding hydrogens is 295 g/mol. The lowest BCUT2D eigenvalue weighted by atomic mass is 10.0. The topological polar surface area (TPSA) is 49.4 Å². The van der Waals surface area contributed by atoms with Crippen LogP contribution in [0.15, 0.2) is 18.2 Å². The van der Waals surface area contributed by atoms with Crippen LogP contribution < -0.4 is 5.32 Å². The van der Waals surface area contributed by atoms with Crippen molar-refractivity contribution in [1.82, 2.24) is 10.2 Å². The van der Waals surface area contributed by atoms with Gasteiger partial charge in [-0.3, -0.25) is 9.59 Å². The predicted octanol–water partition coefficient (Wildman–Crippen LogP) is 2.61. The number of amides is 2. The lowest BCUT2D eigenvalue weighted by molar-refractivity contribution is -0.121. The number of hydrogen-bond acceptors (Lipinski definition) is 2. The monoisotopic (exact) mass is 312 g/mol. The highest BCUT2D eigenvalue weighted by Crippen LogP contribution is 2.22. The Morgan fingerprint density at radius 2 is 2.05 bits per heavy atom. The zero-order valence-electron chi connectivity index (χ0n) is 11.9. The first kappa shape index (κ1) is 15.8. The lowest BCUT2D eigenvalue weighted by Crippen LogP contribution is -2.46. The summed E-state index contributed by atoms with van der Waals surface area (Å²) in [5.74, 6) is -0.982. The van der Waals surface area contributed by atoms with E-state index in [0.29, 0.717) is 32.4 Å². The first-order valence-corrected chi connectivity index (χ1v) is 7.43. The van der Waals surface area contributed by atoms with Crippen LogP contribution in [-0.2, 0) is 4.79 Å². The zero-order valence-corrected chi connectivity index (χ0v) is 12.6. The van der Waals surface area contributed by atoms with Crippen LogP contribution in [0.2, 0.25) is 5.02 Å². The number of halogens is 2. The Kier molecular flexibility index (Phi) is 5.17. The van der Waals surface area contributed by atoms with E-state index in [0.717, 1.165) is 0 Å². The Hall–Kier alpha value is -1.62. The quantitative estimate of drug-likeness (QED) is 0.932. The summed E-state index contributed by atoms with van der Waals surface area (Å²) < 4.78 is 13.8. The molecule has 6 heteroatoms. The molecule has 0 saturated carbocycles. The van der Waals surface area contributed by atoms with Crippen molar-refractivity contribution in [3.63, 3.8) is 0 Å². The molecule has 0 unspecified atom stereocenters. The van der Waals surface area contributed by atoms with Crippen molar-refractivity contribution < 1.29 is 14.0 Å². The van der Waals surface area contributed by atoms with Crippen LogP contribution in [0.1, 0.15) is 36.5 Å². The molecule has 0 aliphatic carbocycles. The van der Waals surface area contributed by atoms with E-state index in [1.165, 1.54) is 18.2 Å². The van der Waals surface area contributed by atoms with Crippen molar-refractivity contribution in [3.8, 4) is 0 Å². The number of hydrogen-bond donors (Lipinski definition) is 1. The molecule has 1 fully saturated rings. The van der Waals surface area contributed by atoms with Gasteiger partial charge in [-0.25, -0.2) is 4.39 Å². The fraction of sp³-hybridized carbons (Fsp3) is 0.467. The van der Waals surface area contributed by atoms with Gasteiger partial charge >= 0.3 is 0 Å². The third kappa shape index (κ3) is 3.73. The average molecular weight is 313 g/mol. The summed E-state index contributed by atoms with van der Waals surface area (Å²) in [4.78, 5) is 25.3. The molecule has 0 spiro atoms. The number of likely N-dealkylation sites (tertiary alicyclic amines) is 1. The van der Waals surface area contributed by atoms with Gasteiger partial charge in [-0.05, 0) is 25.0 Å². The van der Waals surface area contributed by atoms with E-state index in [4.69, 9.17) is 11.6 Å². The fourth-order valence-corrected chi connectivity index (χ4v) is 2.66. The maximum Gasteiger partial charge on any atom is 0.258 e. The number of carbonyl (C=O) groups excluding carboxylic acids is 2. The third-order valence-electron chi connectivity index (χ3n) is 3.65. The van der Waals surface area contributed by atoms with Gasteiger partial charge in [0.15, 0.2) is 0 Å². The highest BCUT2D eigenvalue weighted by Gasteiger charge is 2.27. The van der Waals surface area contributed by atoms with Crippen molar-refractivity contribution in [1.29, 1.82) is 0 Å². The van der Waals surface area contributed by atoms with Crippen molar-refractivity contribution in [2.45, 2.75) is 32.2 Å². The lowest BCUT2D eigenvalue weighted by Gasteiger charge is -2.32. The SMILES string of the molecule is CCC(=O)NC1CCN(C(=O)c2c(F)cccc2Cl)CC1. The Morgan fingerprint density at radius 3 is 2.62 bits per heavy atom. The second-order valence-corrected chi connectivity index (χ2v) is 5.49. The molecule has 1 aliphatic rings. The van der Waals surface area contributed by atoms with Gasteiger partial charge in [0.05, 0.1) is 10.6 Å². The van der Waals surface area contributed by atoms with Crippen LogP contribution in [0, 0.1) is 5.82 Å². The standard InChI is InChI=1S/C15H18ClFN2O2/c1-2-13(20)18-10-6-8-19(9-7-10)15(21)14-11(16)4-3-5-12(14)17/h3-5,10H,2,6-9H2,1H3,(H,18,20). The summed E-state index contributed by atoms with van der Waals surface area (Å²) in [7, 11) is 0. The minimum absolute atomic E-state index is 0.0110. The first-order valence-electron chi connectivity index (χ1n) is 7.05. The maximum absolute atomic E-state index is 13.8. The predicted molar refractivity (Wildman–Crippen MR) is 78.8 cm³/mol. The fourth-order valence-electron chi connectivity index (χ4n) is 2.42. The number of piperidine rings is 1. The molecule has 0 radical (unpaired) electrons. The van der Waals surface area contributed by atoms with Crippen LogP contribution in [0.5, 0.6) is 0 Å². The Bertz CT molecular complexity index is 522. The molecule has 1 aliphatic heterocycles. The van der Waals surface area contributed by atoms with Gasteiger partial charge in [-0.1, -0.05) is 24.6 Å². The third-order valence-corrected chi connectivity index (χ3v) is 3.96. The number of benzene rings is 1. The zero-order chi connectivity index (χ0) is 15.4. The van der Waals surface area contributed by atoms with Crippen molar-refractivity contribution in [2.24, 2.45) is 0 Å². The Balaban J connectivity index is 1.99. The smallest absolute Gasteiger partial charge is 0.258 e. The molecule has 114 valence electrons. The van der Waals surface area contributed by atoms with Crippen molar-refractivity contribution >= 4 is 23.4 Å². The largest absolute Gasteiger partial charge is 0.353 e. The molecule has 0 atom stereocenters. The minimum atomic E-state index is -0.603. The molecule has 1 N–H and O–H groups in total. The molecule has 1 saturated heterocycles. The van der Waals surface area contributed by atoms with E-state index in [9.17, 15) is 14.0 Å². The van der Waals surface area contributed by atoms with Gasteiger partial charge in [0, 0.05) is 25.6 Å². The molecule has 1 aromatic rings. The van der Waals surface area contributed by atoms with E-state index in [-0.39, 0.29) is 22.5 Å². The second-order valence-electron chi connectivity index (χ2n) is 5.08. The number of carbonyl (C=O) groups is 2. The van der Waals surface area contributed by atoms with Gasteiger partial charge in [-0.15, -0.1) is 0 Å². The normalized spacial score (nSPS) is 15.9. The van der Waals surface area contributed by atoms with Crippen LogP contribution in [0.4, 0.5) is 4.39 Å². The van der Waals surface area contributed by atoms with Crippen LogP contribution in [0.3, 0.4) is 0 Å². The van der Waals surface area contributed by atoms with E-state index in [2.05, 4.69) is 5.32 Å². The molecule has 1 heterocycles. The maximum atomic E-state index is 13.8. The molecule has 0 bridgehead atoms. The summed E-state index contributed by atoms with van der Waals surface area (Å²) >= 11 is 5.92. The Morgan fingerprint density at radius 1 is 1.38 bits per heavy atom. The first-order chi connectivity index (χ1) is 10.0. The summed E-state index contributed by atoms with van der Waals surface area (Å²) in [5.41, 5.74) is -0.0739. The molecule has 21 heavy (non-hydrogen) atoms. The van der Waals surface area contributed by atoms with Gasteiger partial charge in [-0.2, -0.15) is 0 Å². The number of nitrogens with zero attached hydrogens (tertiary/aromatic N) is 1. The van der Waals surface area contributed by atoms with E-state index >= 15 is 0 Å². The van der Waals surface area contributed by atoms with Gasteiger partial charge in [0.2, 0.25) is 5.91 Å². The van der Waals surface area contributed by atoms with E-state index < -0.39 is 11.7 Å². The van der Waals surface area contributed by atoms with Crippen molar-refractivity contribution in [2.75, 3.05) is 13.1 Å². The van der Waals surface area contributed by atoms with E-state index in [1.54, 1.807) is 11.8 Å². The summed E-state index contributed by atoms with van der Waals surface area (Å²) in [6.07, 6.45) is 1.79. The second kappa shape index (κ2) is 6.89. The summed E-state index contributed by atoms with van der Waals surface area (Å²) in [6, 6.07) is 4.29. The number of rotatable bonds is 3. The van der Waals surface area contributed by atoms with Crippen LogP contribution in [0.25, 0.3) is 0 Å². The molecular formula is C15H18ClFN2O2. The van der Waals surface area contributed by atoms with Crippen LogP contribution in [-0.4, -0.2) is 35.8 Å². The Labute approximate surface area is 128 Å². The number of nitrogens with one attached hydrogen (secondary N) is 1.